The number of nitrogens with two attached hydrogens (primary N) is 1. The van der Waals surface area contributed by atoms with E-state index in [0.717, 1.165) is 18.8 Å². The van der Waals surface area contributed by atoms with E-state index in [-0.39, 0.29) is 18.1 Å². The van der Waals surface area contributed by atoms with Crippen LogP contribution in [0.1, 0.15) is 31.1 Å². The highest BCUT2D eigenvalue weighted by Crippen LogP contribution is 2.27. The molecule has 1 saturated heterocycles. The van der Waals surface area contributed by atoms with Gasteiger partial charge in [0.15, 0.2) is 0 Å². The van der Waals surface area contributed by atoms with Crippen LogP contribution in [0.25, 0.3) is 0 Å². The van der Waals surface area contributed by atoms with Crippen molar-refractivity contribution in [3.8, 4) is 0 Å². The molecule has 5 heteroatoms. The Balaban J connectivity index is 2.33. The molecule has 2 unspecified atom stereocenters. The normalized spacial score (nSPS) is 22.6. The molecule has 0 spiro atoms. The molecule has 5 nitrogen and oxygen atoms in total. The van der Waals surface area contributed by atoms with Crippen LogP contribution in [0.2, 0.25) is 0 Å². The van der Waals surface area contributed by atoms with Crippen molar-refractivity contribution < 1.29 is 9.53 Å². The molecule has 0 radical (unpaired) electrons. The largest absolute Gasteiger partial charge is 0.399 e. The van der Waals surface area contributed by atoms with Crippen molar-refractivity contribution in [2.45, 2.75) is 33.0 Å². The third kappa shape index (κ3) is 3.22. The number of nitrogen functional groups attached to an aromatic ring is 1. The van der Waals surface area contributed by atoms with Gasteiger partial charge in [-0.05, 0) is 39.0 Å². The van der Waals surface area contributed by atoms with Gasteiger partial charge in [-0.3, -0.25) is 4.79 Å². The number of carbonyl (C=O) groups is 1. The molecule has 1 aliphatic heterocycles. The smallest absolute Gasteiger partial charge is 0.253 e. The second kappa shape index (κ2) is 6.13. The summed E-state index contributed by atoms with van der Waals surface area (Å²) in [5.74, 6) is -0.0608. The Morgan fingerprint density at radius 1 is 1.40 bits per heavy atom. The maximum atomic E-state index is 12.2. The second-order valence-corrected chi connectivity index (χ2v) is 5.30. The van der Waals surface area contributed by atoms with Gasteiger partial charge >= 0.3 is 0 Å². The van der Waals surface area contributed by atoms with Gasteiger partial charge in [0.1, 0.15) is 0 Å². The third-order valence-electron chi connectivity index (χ3n) is 3.36. The Labute approximate surface area is 120 Å². The first-order valence-corrected chi connectivity index (χ1v) is 7.09. The molecule has 0 bridgehead atoms. The molecule has 1 aromatic rings. The highest BCUT2D eigenvalue weighted by molar-refractivity contribution is 6.00. The Morgan fingerprint density at radius 3 is 2.65 bits per heavy atom. The molecule has 110 valence electrons. The molecule has 1 fully saturated rings. The van der Waals surface area contributed by atoms with Crippen molar-refractivity contribution in [2.75, 3.05) is 30.3 Å². The van der Waals surface area contributed by atoms with Crippen molar-refractivity contribution in [3.05, 3.63) is 23.8 Å². The molecular formula is C15H23N3O2. The Kier molecular flexibility index (Phi) is 4.49. The van der Waals surface area contributed by atoms with Gasteiger partial charge in [-0.1, -0.05) is 0 Å². The first-order chi connectivity index (χ1) is 9.51. The van der Waals surface area contributed by atoms with E-state index in [0.29, 0.717) is 17.8 Å². The summed E-state index contributed by atoms with van der Waals surface area (Å²) < 4.78 is 5.74. The topological polar surface area (TPSA) is 67.6 Å². The Bertz CT molecular complexity index is 480. The van der Waals surface area contributed by atoms with Gasteiger partial charge in [-0.25, -0.2) is 0 Å². The lowest BCUT2D eigenvalue weighted by molar-refractivity contribution is -0.00527. The predicted molar refractivity (Wildman–Crippen MR) is 81.1 cm³/mol. The van der Waals surface area contributed by atoms with Gasteiger partial charge in [0.2, 0.25) is 0 Å². The lowest BCUT2D eigenvalue weighted by Crippen LogP contribution is -2.46. The van der Waals surface area contributed by atoms with Gasteiger partial charge < -0.3 is 20.7 Å². The zero-order valence-electron chi connectivity index (χ0n) is 12.3. The van der Waals surface area contributed by atoms with E-state index in [1.165, 1.54) is 0 Å². The fourth-order valence-electron chi connectivity index (χ4n) is 2.63. The standard InChI is InChI=1S/C15H23N3O2/c1-4-17-15(19)13-6-5-12(16)7-14(13)18-8-10(2)20-11(3)9-18/h5-7,10-11H,4,8-9,16H2,1-3H3,(H,17,19). The number of nitrogens with one attached hydrogen (secondary N) is 1. The molecule has 0 saturated carbocycles. The minimum absolute atomic E-state index is 0.0608. The van der Waals surface area contributed by atoms with Crippen LogP contribution in [0, 0.1) is 0 Å². The van der Waals surface area contributed by atoms with Gasteiger partial charge in [0, 0.05) is 25.3 Å². The summed E-state index contributed by atoms with van der Waals surface area (Å²) >= 11 is 0. The summed E-state index contributed by atoms with van der Waals surface area (Å²) in [6.45, 7) is 8.13. The zero-order chi connectivity index (χ0) is 14.7. The predicted octanol–water partition coefficient (Wildman–Crippen LogP) is 1.63. The summed E-state index contributed by atoms with van der Waals surface area (Å²) in [5, 5.41) is 2.85. The lowest BCUT2D eigenvalue weighted by Gasteiger charge is -2.37. The minimum Gasteiger partial charge on any atom is -0.399 e. The first-order valence-electron chi connectivity index (χ1n) is 7.09. The fourth-order valence-corrected chi connectivity index (χ4v) is 2.63. The maximum Gasteiger partial charge on any atom is 0.253 e. The fraction of sp³-hybridized carbons (Fsp3) is 0.533. The summed E-state index contributed by atoms with van der Waals surface area (Å²) in [6.07, 6.45) is 0.282. The summed E-state index contributed by atoms with van der Waals surface area (Å²) in [6, 6.07) is 5.43. The number of benzene rings is 1. The van der Waals surface area contributed by atoms with Gasteiger partial charge in [0.05, 0.1) is 23.5 Å². The molecule has 1 heterocycles. The number of nitrogens with zero attached hydrogens (tertiary/aromatic N) is 1. The van der Waals surface area contributed by atoms with Crippen molar-refractivity contribution in [1.29, 1.82) is 0 Å². The quantitative estimate of drug-likeness (QED) is 0.824. The number of rotatable bonds is 3. The van der Waals surface area contributed by atoms with Gasteiger partial charge in [0.25, 0.3) is 5.91 Å². The van der Waals surface area contributed by atoms with E-state index >= 15 is 0 Å². The van der Waals surface area contributed by atoms with E-state index in [2.05, 4.69) is 10.2 Å². The molecule has 20 heavy (non-hydrogen) atoms. The van der Waals surface area contributed by atoms with E-state index in [9.17, 15) is 4.79 Å². The van der Waals surface area contributed by atoms with Crippen molar-refractivity contribution in [3.63, 3.8) is 0 Å². The Morgan fingerprint density at radius 2 is 2.05 bits per heavy atom. The minimum atomic E-state index is -0.0608. The van der Waals surface area contributed by atoms with Crippen molar-refractivity contribution >= 4 is 17.3 Å². The zero-order valence-corrected chi connectivity index (χ0v) is 12.3. The van der Waals surface area contributed by atoms with Crippen LogP contribution in [0.4, 0.5) is 11.4 Å². The number of hydrogen-bond acceptors (Lipinski definition) is 4. The van der Waals surface area contributed by atoms with E-state index in [1.54, 1.807) is 12.1 Å². The van der Waals surface area contributed by atoms with Crippen LogP contribution in [0.3, 0.4) is 0 Å². The van der Waals surface area contributed by atoms with E-state index in [1.807, 2.05) is 26.8 Å². The molecular weight excluding hydrogens is 254 g/mol. The van der Waals surface area contributed by atoms with E-state index < -0.39 is 0 Å². The molecule has 2 atom stereocenters. The molecule has 1 aliphatic rings. The highest BCUT2D eigenvalue weighted by atomic mass is 16.5. The Hall–Kier alpha value is -1.75. The summed E-state index contributed by atoms with van der Waals surface area (Å²) in [5.41, 5.74) is 8.11. The molecule has 2 rings (SSSR count). The molecule has 3 N–H and O–H groups in total. The SMILES string of the molecule is CCNC(=O)c1ccc(N)cc1N1CC(C)OC(C)C1. The number of ether oxygens (including phenoxy) is 1. The molecule has 1 amide bonds. The van der Waals surface area contributed by atoms with Crippen LogP contribution in [-0.2, 0) is 4.74 Å². The van der Waals surface area contributed by atoms with Crippen LogP contribution < -0.4 is 16.0 Å². The maximum absolute atomic E-state index is 12.2. The van der Waals surface area contributed by atoms with Crippen LogP contribution in [-0.4, -0.2) is 37.7 Å². The number of amides is 1. The highest BCUT2D eigenvalue weighted by Gasteiger charge is 2.25. The van der Waals surface area contributed by atoms with Gasteiger partial charge in [-0.2, -0.15) is 0 Å². The number of morpholine rings is 1. The molecule has 0 aromatic heterocycles. The molecule has 1 aromatic carbocycles. The van der Waals surface area contributed by atoms with Crippen LogP contribution in [0.15, 0.2) is 18.2 Å². The van der Waals surface area contributed by atoms with Crippen LogP contribution in [0.5, 0.6) is 0 Å². The van der Waals surface area contributed by atoms with Crippen LogP contribution >= 0.6 is 0 Å². The number of anilines is 2. The lowest BCUT2D eigenvalue weighted by atomic mass is 10.1. The first kappa shape index (κ1) is 14.7. The summed E-state index contributed by atoms with van der Waals surface area (Å²) in [7, 11) is 0. The molecule has 0 aliphatic carbocycles. The van der Waals surface area contributed by atoms with Gasteiger partial charge in [-0.15, -0.1) is 0 Å². The average Bonchev–Trinajstić information content (AvgIpc) is 2.37. The summed E-state index contributed by atoms with van der Waals surface area (Å²) in [4.78, 5) is 14.4. The third-order valence-corrected chi connectivity index (χ3v) is 3.36. The van der Waals surface area contributed by atoms with Crippen molar-refractivity contribution in [1.82, 2.24) is 5.32 Å². The van der Waals surface area contributed by atoms with E-state index in [4.69, 9.17) is 10.5 Å². The van der Waals surface area contributed by atoms with Crippen molar-refractivity contribution in [2.24, 2.45) is 0 Å². The number of carbonyl (C=O) groups excluding carboxylic acids is 1. The average molecular weight is 277 g/mol. The number of hydrogen-bond donors (Lipinski definition) is 2. The monoisotopic (exact) mass is 277 g/mol. The second-order valence-electron chi connectivity index (χ2n) is 5.30.